The second-order valence-corrected chi connectivity index (χ2v) is 4.04. The Morgan fingerprint density at radius 3 is 2.74 bits per heavy atom. The van der Waals surface area contributed by atoms with Crippen molar-refractivity contribution in [3.63, 3.8) is 0 Å². The fourth-order valence-electron chi connectivity index (χ4n) is 1.84. The summed E-state index contributed by atoms with van der Waals surface area (Å²) < 4.78 is 10.2. The van der Waals surface area contributed by atoms with Crippen LogP contribution in [0.2, 0.25) is 0 Å². The van der Waals surface area contributed by atoms with Gasteiger partial charge in [0.05, 0.1) is 6.61 Å². The Morgan fingerprint density at radius 2 is 2.05 bits per heavy atom. The van der Waals surface area contributed by atoms with Crippen molar-refractivity contribution in [1.82, 2.24) is 5.32 Å². The number of carbonyl (C=O) groups excluding carboxylic acids is 2. The van der Waals surface area contributed by atoms with E-state index in [1.54, 1.807) is 13.0 Å². The zero-order valence-corrected chi connectivity index (χ0v) is 10.9. The van der Waals surface area contributed by atoms with Crippen molar-refractivity contribution in [1.29, 1.82) is 0 Å². The average Bonchev–Trinajstić information content (AvgIpc) is 2.74. The van der Waals surface area contributed by atoms with Gasteiger partial charge >= 0.3 is 5.97 Å². The average molecular weight is 261 g/mol. The Morgan fingerprint density at radius 1 is 1.32 bits per heavy atom. The monoisotopic (exact) mass is 261 g/mol. The highest BCUT2D eigenvalue weighted by Crippen LogP contribution is 2.24. The molecule has 0 aliphatic heterocycles. The molecule has 1 aromatic carbocycles. The summed E-state index contributed by atoms with van der Waals surface area (Å²) in [5.74, 6) is -0.656. The third kappa shape index (κ3) is 2.76. The molecule has 0 fully saturated rings. The largest absolute Gasteiger partial charge is 0.465 e. The maximum Gasteiger partial charge on any atom is 0.325 e. The van der Waals surface area contributed by atoms with Crippen LogP contribution >= 0.6 is 0 Å². The molecule has 1 heterocycles. The standard InChI is InChI=1S/C14H15NO4/c1-3-18-12(16)8-15-14(17)13-9(2)10-6-4-5-7-11(10)19-13/h4-7H,3,8H2,1-2H3,(H,15,17). The minimum Gasteiger partial charge on any atom is -0.465 e. The quantitative estimate of drug-likeness (QED) is 0.855. The SMILES string of the molecule is CCOC(=O)CNC(=O)c1oc2ccccc2c1C. The van der Waals surface area contributed by atoms with Crippen LogP contribution in [0.1, 0.15) is 23.0 Å². The maximum atomic E-state index is 11.9. The van der Waals surface area contributed by atoms with Gasteiger partial charge in [0.25, 0.3) is 5.91 Å². The number of ether oxygens (including phenoxy) is 1. The molecule has 5 heteroatoms. The summed E-state index contributed by atoms with van der Waals surface area (Å²) in [6.07, 6.45) is 0. The van der Waals surface area contributed by atoms with E-state index >= 15 is 0 Å². The Balaban J connectivity index is 2.13. The highest BCUT2D eigenvalue weighted by Gasteiger charge is 2.17. The minimum absolute atomic E-state index is 0.164. The second-order valence-electron chi connectivity index (χ2n) is 4.04. The molecule has 1 N–H and O–H groups in total. The molecule has 0 aliphatic carbocycles. The van der Waals surface area contributed by atoms with Crippen LogP contribution in [0.3, 0.4) is 0 Å². The molecule has 1 amide bonds. The molecule has 2 rings (SSSR count). The van der Waals surface area contributed by atoms with Crippen LogP contribution in [0.25, 0.3) is 11.0 Å². The van der Waals surface area contributed by atoms with Crippen LogP contribution in [0, 0.1) is 6.92 Å². The Labute approximate surface area is 110 Å². The van der Waals surface area contributed by atoms with Crippen molar-refractivity contribution in [2.24, 2.45) is 0 Å². The summed E-state index contributed by atoms with van der Waals surface area (Å²) in [5.41, 5.74) is 1.42. The summed E-state index contributed by atoms with van der Waals surface area (Å²) in [6.45, 7) is 3.65. The van der Waals surface area contributed by atoms with Crippen LogP contribution in [-0.4, -0.2) is 25.0 Å². The van der Waals surface area contributed by atoms with Crippen molar-refractivity contribution in [2.45, 2.75) is 13.8 Å². The Hall–Kier alpha value is -2.30. The topological polar surface area (TPSA) is 68.5 Å². The summed E-state index contributed by atoms with van der Waals surface area (Å²) in [5, 5.41) is 3.37. The fourth-order valence-corrected chi connectivity index (χ4v) is 1.84. The Kier molecular flexibility index (Phi) is 3.85. The number of para-hydroxylation sites is 1. The number of esters is 1. The third-order valence-electron chi connectivity index (χ3n) is 2.75. The first-order valence-corrected chi connectivity index (χ1v) is 6.05. The van der Waals surface area contributed by atoms with Gasteiger partial charge in [-0.15, -0.1) is 0 Å². The molecule has 0 saturated carbocycles. The predicted octanol–water partition coefficient (Wildman–Crippen LogP) is 2.03. The van der Waals surface area contributed by atoms with E-state index < -0.39 is 11.9 Å². The van der Waals surface area contributed by atoms with E-state index in [2.05, 4.69) is 5.32 Å². The van der Waals surface area contributed by atoms with Gasteiger partial charge in [0.2, 0.25) is 0 Å². The van der Waals surface area contributed by atoms with E-state index in [-0.39, 0.29) is 12.3 Å². The molecule has 5 nitrogen and oxygen atoms in total. The summed E-state index contributed by atoms with van der Waals surface area (Å²) in [7, 11) is 0. The van der Waals surface area contributed by atoms with Gasteiger partial charge in [-0.05, 0) is 19.9 Å². The lowest BCUT2D eigenvalue weighted by molar-refractivity contribution is -0.141. The van der Waals surface area contributed by atoms with E-state index in [0.717, 1.165) is 10.9 Å². The molecule has 0 aliphatic rings. The van der Waals surface area contributed by atoms with E-state index in [0.29, 0.717) is 12.2 Å². The van der Waals surface area contributed by atoms with Gasteiger partial charge in [-0.25, -0.2) is 0 Å². The first-order chi connectivity index (χ1) is 9.13. The third-order valence-corrected chi connectivity index (χ3v) is 2.75. The number of fused-ring (bicyclic) bond motifs is 1. The molecular weight excluding hydrogens is 246 g/mol. The number of nitrogens with one attached hydrogen (secondary N) is 1. The summed E-state index contributed by atoms with van der Waals surface area (Å²) >= 11 is 0. The molecule has 0 radical (unpaired) electrons. The van der Waals surface area contributed by atoms with E-state index in [4.69, 9.17) is 9.15 Å². The van der Waals surface area contributed by atoms with Gasteiger partial charge in [-0.3, -0.25) is 9.59 Å². The molecule has 1 aromatic heterocycles. The lowest BCUT2D eigenvalue weighted by atomic mass is 10.1. The lowest BCUT2D eigenvalue weighted by Gasteiger charge is -2.03. The molecule has 0 saturated heterocycles. The zero-order valence-electron chi connectivity index (χ0n) is 10.9. The zero-order chi connectivity index (χ0) is 13.8. The fraction of sp³-hybridized carbons (Fsp3) is 0.286. The van der Waals surface area contributed by atoms with Crippen LogP contribution in [-0.2, 0) is 9.53 Å². The normalized spacial score (nSPS) is 10.4. The van der Waals surface area contributed by atoms with Gasteiger partial charge in [0.1, 0.15) is 12.1 Å². The highest BCUT2D eigenvalue weighted by atomic mass is 16.5. The number of benzene rings is 1. The molecule has 0 bridgehead atoms. The molecule has 19 heavy (non-hydrogen) atoms. The molecule has 100 valence electrons. The van der Waals surface area contributed by atoms with E-state index in [1.165, 1.54) is 0 Å². The number of hydrogen-bond acceptors (Lipinski definition) is 4. The molecule has 0 unspecified atom stereocenters. The first kappa shape index (κ1) is 13.1. The molecular formula is C14H15NO4. The number of carbonyl (C=O) groups is 2. The van der Waals surface area contributed by atoms with Gasteiger partial charge < -0.3 is 14.5 Å². The predicted molar refractivity (Wildman–Crippen MR) is 69.9 cm³/mol. The second kappa shape index (κ2) is 5.56. The van der Waals surface area contributed by atoms with Crippen LogP contribution in [0.5, 0.6) is 0 Å². The van der Waals surface area contributed by atoms with Gasteiger partial charge in [0, 0.05) is 10.9 Å². The van der Waals surface area contributed by atoms with Gasteiger partial charge in [0.15, 0.2) is 5.76 Å². The molecule has 0 spiro atoms. The number of aryl methyl sites for hydroxylation is 1. The van der Waals surface area contributed by atoms with E-state index in [9.17, 15) is 9.59 Å². The number of furan rings is 1. The van der Waals surface area contributed by atoms with Crippen molar-refractivity contribution >= 4 is 22.8 Å². The first-order valence-electron chi connectivity index (χ1n) is 6.05. The Bertz CT molecular complexity index is 615. The van der Waals surface area contributed by atoms with Crippen LogP contribution in [0.4, 0.5) is 0 Å². The van der Waals surface area contributed by atoms with Crippen molar-refractivity contribution in [3.8, 4) is 0 Å². The molecule has 2 aromatic rings. The lowest BCUT2D eigenvalue weighted by Crippen LogP contribution is -2.30. The number of hydrogen-bond donors (Lipinski definition) is 1. The van der Waals surface area contributed by atoms with Crippen LogP contribution in [0.15, 0.2) is 28.7 Å². The molecule has 0 atom stereocenters. The maximum absolute atomic E-state index is 11.9. The minimum atomic E-state index is -0.468. The van der Waals surface area contributed by atoms with Gasteiger partial charge in [-0.1, -0.05) is 18.2 Å². The summed E-state index contributed by atoms with van der Waals surface area (Å²) in [4.78, 5) is 23.1. The van der Waals surface area contributed by atoms with E-state index in [1.807, 2.05) is 25.1 Å². The van der Waals surface area contributed by atoms with Gasteiger partial charge in [-0.2, -0.15) is 0 Å². The van der Waals surface area contributed by atoms with Crippen LogP contribution < -0.4 is 5.32 Å². The number of rotatable bonds is 4. The number of amides is 1. The highest BCUT2D eigenvalue weighted by molar-refractivity contribution is 5.99. The van der Waals surface area contributed by atoms with Crippen molar-refractivity contribution in [3.05, 3.63) is 35.6 Å². The van der Waals surface area contributed by atoms with Crippen molar-refractivity contribution in [2.75, 3.05) is 13.2 Å². The summed E-state index contributed by atoms with van der Waals surface area (Å²) in [6, 6.07) is 7.40. The smallest absolute Gasteiger partial charge is 0.325 e. The van der Waals surface area contributed by atoms with Crippen molar-refractivity contribution < 1.29 is 18.7 Å².